The Kier molecular flexibility index (Phi) is 5.77. The molecule has 152 valence electrons. The number of fused-ring (bicyclic) bond motifs is 1. The van der Waals surface area contributed by atoms with Crippen LogP contribution in [0.25, 0.3) is 5.65 Å². The number of anilines is 2. The third-order valence-electron chi connectivity index (χ3n) is 4.14. The van der Waals surface area contributed by atoms with Crippen LogP contribution >= 0.6 is 23.1 Å². The van der Waals surface area contributed by atoms with Crippen molar-refractivity contribution in [3.05, 3.63) is 75.8 Å². The molecule has 0 saturated carbocycles. The van der Waals surface area contributed by atoms with Crippen molar-refractivity contribution in [2.24, 2.45) is 0 Å². The molecule has 0 atom stereocenters. The zero-order valence-corrected chi connectivity index (χ0v) is 17.9. The van der Waals surface area contributed by atoms with E-state index in [9.17, 15) is 9.59 Å². The highest BCUT2D eigenvalue weighted by atomic mass is 32.2. The molecular weight excluding hydrogens is 420 g/mol. The molecule has 0 aliphatic rings. The summed E-state index contributed by atoms with van der Waals surface area (Å²) >= 11 is 2.67. The van der Waals surface area contributed by atoms with Crippen molar-refractivity contribution in [2.45, 2.75) is 23.9 Å². The van der Waals surface area contributed by atoms with Crippen LogP contribution in [0.2, 0.25) is 0 Å². The molecule has 0 aliphatic heterocycles. The van der Waals surface area contributed by atoms with E-state index in [0.717, 1.165) is 11.1 Å². The highest BCUT2D eigenvalue weighted by molar-refractivity contribution is 8.00. The Morgan fingerprint density at radius 2 is 1.83 bits per heavy atom. The fraction of sp³-hybridized carbons (Fsp3) is 0.150. The maximum absolute atomic E-state index is 12.3. The van der Waals surface area contributed by atoms with Crippen molar-refractivity contribution in [3.63, 3.8) is 0 Å². The van der Waals surface area contributed by atoms with Crippen LogP contribution in [0.1, 0.15) is 16.8 Å². The number of pyridine rings is 1. The minimum absolute atomic E-state index is 0.119. The molecule has 0 radical (unpaired) electrons. The van der Waals surface area contributed by atoms with Gasteiger partial charge in [-0.25, -0.2) is 9.78 Å². The number of aryl methyl sites for hydroxylation is 2. The van der Waals surface area contributed by atoms with E-state index in [0.29, 0.717) is 32.3 Å². The van der Waals surface area contributed by atoms with E-state index in [1.165, 1.54) is 33.6 Å². The number of benzene rings is 1. The fourth-order valence-electron chi connectivity index (χ4n) is 2.68. The second kappa shape index (κ2) is 8.64. The summed E-state index contributed by atoms with van der Waals surface area (Å²) in [5, 5.41) is 13.9. The van der Waals surface area contributed by atoms with Crippen LogP contribution in [0.4, 0.5) is 15.6 Å². The van der Waals surface area contributed by atoms with Gasteiger partial charge in [-0.2, -0.15) is 0 Å². The molecule has 0 spiro atoms. The summed E-state index contributed by atoms with van der Waals surface area (Å²) in [4.78, 5) is 28.9. The molecule has 3 aromatic heterocycles. The van der Waals surface area contributed by atoms with Crippen LogP contribution in [0.15, 0.2) is 57.8 Å². The number of rotatable bonds is 5. The molecule has 0 saturated heterocycles. The summed E-state index contributed by atoms with van der Waals surface area (Å²) in [5.74, 6) is 0.476. The van der Waals surface area contributed by atoms with E-state index >= 15 is 0 Å². The van der Waals surface area contributed by atoms with E-state index in [1.807, 2.05) is 50.2 Å². The molecule has 0 unspecified atom stereocenters. The lowest BCUT2D eigenvalue weighted by atomic mass is 10.2. The van der Waals surface area contributed by atoms with Crippen molar-refractivity contribution in [3.8, 4) is 0 Å². The molecule has 10 heteroatoms. The average Bonchev–Trinajstić information content (AvgIpc) is 3.16. The largest absolute Gasteiger partial charge is 0.325 e. The Hall–Kier alpha value is -3.24. The van der Waals surface area contributed by atoms with Gasteiger partial charge in [-0.3, -0.25) is 14.5 Å². The quantitative estimate of drug-likeness (QED) is 0.359. The predicted molar refractivity (Wildman–Crippen MR) is 119 cm³/mol. The lowest BCUT2D eigenvalue weighted by Crippen LogP contribution is -2.19. The van der Waals surface area contributed by atoms with Gasteiger partial charge in [0.15, 0.2) is 4.34 Å². The molecular formula is C20H18N6O2S2. The number of thioether (sulfide) groups is 1. The molecule has 30 heavy (non-hydrogen) atoms. The van der Waals surface area contributed by atoms with Crippen LogP contribution < -0.4 is 16.2 Å². The number of urea groups is 1. The molecule has 1 aromatic carbocycles. The van der Waals surface area contributed by atoms with E-state index < -0.39 is 0 Å². The second-order valence-electron chi connectivity index (χ2n) is 6.63. The second-order valence-corrected chi connectivity index (χ2v) is 8.83. The van der Waals surface area contributed by atoms with Gasteiger partial charge in [0.25, 0.3) is 5.56 Å². The summed E-state index contributed by atoms with van der Waals surface area (Å²) in [6, 6.07) is 12.4. The Labute approximate surface area is 180 Å². The maximum atomic E-state index is 12.3. The topological polar surface area (TPSA) is 101 Å². The Balaban J connectivity index is 1.37. The molecule has 0 fully saturated rings. The molecule has 2 N–H and O–H groups in total. The van der Waals surface area contributed by atoms with Crippen molar-refractivity contribution in [2.75, 3.05) is 10.6 Å². The maximum Gasteiger partial charge on any atom is 0.325 e. The zero-order valence-electron chi connectivity index (χ0n) is 16.2. The minimum Gasteiger partial charge on any atom is -0.308 e. The van der Waals surface area contributed by atoms with Gasteiger partial charge < -0.3 is 5.32 Å². The molecule has 0 aliphatic carbocycles. The number of amides is 2. The van der Waals surface area contributed by atoms with Gasteiger partial charge in [0.1, 0.15) is 5.65 Å². The van der Waals surface area contributed by atoms with E-state index in [2.05, 4.69) is 25.8 Å². The number of nitrogens with one attached hydrogen (secondary N) is 2. The summed E-state index contributed by atoms with van der Waals surface area (Å²) in [6.07, 6.45) is 1.77. The van der Waals surface area contributed by atoms with Gasteiger partial charge in [-0.15, -0.1) is 10.2 Å². The Morgan fingerprint density at radius 1 is 1.07 bits per heavy atom. The minimum atomic E-state index is -0.383. The fourth-order valence-corrected chi connectivity index (χ4v) is 4.32. The first-order valence-electron chi connectivity index (χ1n) is 9.06. The molecule has 8 nitrogen and oxygen atoms in total. The number of carbonyl (C=O) groups excluding carboxylic acids is 1. The lowest BCUT2D eigenvalue weighted by molar-refractivity contribution is 0.262. The SMILES string of the molecule is Cc1ccc(NC(=O)Nc2nnc(SCc3cc(=O)n4cc(C)ccc4n3)s2)cc1. The van der Waals surface area contributed by atoms with Crippen LogP contribution in [-0.2, 0) is 5.75 Å². The van der Waals surface area contributed by atoms with Gasteiger partial charge in [0.2, 0.25) is 5.13 Å². The number of hydrogen-bond donors (Lipinski definition) is 2. The first-order chi connectivity index (χ1) is 14.5. The van der Waals surface area contributed by atoms with Gasteiger partial charge in [-0.05, 0) is 37.6 Å². The summed E-state index contributed by atoms with van der Waals surface area (Å²) in [5.41, 5.74) is 3.96. The molecule has 2 amide bonds. The summed E-state index contributed by atoms with van der Waals surface area (Å²) < 4.78 is 2.20. The van der Waals surface area contributed by atoms with Gasteiger partial charge >= 0.3 is 6.03 Å². The summed E-state index contributed by atoms with van der Waals surface area (Å²) in [7, 11) is 0. The van der Waals surface area contributed by atoms with Gasteiger partial charge in [0, 0.05) is 23.7 Å². The monoisotopic (exact) mass is 438 g/mol. The summed E-state index contributed by atoms with van der Waals surface area (Å²) in [6.45, 7) is 3.91. The molecule has 3 heterocycles. The normalized spacial score (nSPS) is 10.9. The Bertz CT molecular complexity index is 1270. The van der Waals surface area contributed by atoms with Gasteiger partial charge in [-0.1, -0.05) is 46.9 Å². The average molecular weight is 439 g/mol. The van der Waals surface area contributed by atoms with E-state index in [4.69, 9.17) is 0 Å². The van der Waals surface area contributed by atoms with Crippen molar-refractivity contribution < 1.29 is 4.79 Å². The smallest absolute Gasteiger partial charge is 0.308 e. The number of hydrogen-bond acceptors (Lipinski definition) is 7. The number of nitrogens with zero attached hydrogens (tertiary/aromatic N) is 4. The first kappa shape index (κ1) is 20.0. The van der Waals surface area contributed by atoms with Crippen molar-refractivity contribution >= 4 is 45.6 Å². The lowest BCUT2D eigenvalue weighted by Gasteiger charge is -2.05. The highest BCUT2D eigenvalue weighted by Gasteiger charge is 2.10. The van der Waals surface area contributed by atoms with Gasteiger partial charge in [0.05, 0.1) is 5.69 Å². The predicted octanol–water partition coefficient (Wildman–Crippen LogP) is 4.10. The molecule has 4 rings (SSSR count). The van der Waals surface area contributed by atoms with Crippen LogP contribution in [0.3, 0.4) is 0 Å². The van der Waals surface area contributed by atoms with E-state index in [-0.39, 0.29) is 11.6 Å². The number of aromatic nitrogens is 4. The highest BCUT2D eigenvalue weighted by Crippen LogP contribution is 2.27. The zero-order chi connectivity index (χ0) is 21.1. The van der Waals surface area contributed by atoms with Crippen molar-refractivity contribution in [1.29, 1.82) is 0 Å². The van der Waals surface area contributed by atoms with E-state index in [1.54, 1.807) is 6.20 Å². The first-order valence-corrected chi connectivity index (χ1v) is 10.9. The van der Waals surface area contributed by atoms with Crippen LogP contribution in [0.5, 0.6) is 0 Å². The van der Waals surface area contributed by atoms with Crippen LogP contribution in [-0.4, -0.2) is 25.6 Å². The number of carbonyl (C=O) groups is 1. The standard InChI is InChI=1S/C20H18N6O2S2/c1-12-3-6-14(7-4-12)22-18(28)23-19-24-25-20(30-19)29-11-15-9-17(27)26-10-13(2)5-8-16(26)21-15/h3-10H,11H2,1-2H3,(H2,22,23,24,28). The molecule has 0 bridgehead atoms. The van der Waals surface area contributed by atoms with Crippen molar-refractivity contribution in [1.82, 2.24) is 19.6 Å². The third kappa shape index (κ3) is 4.84. The van der Waals surface area contributed by atoms with Crippen LogP contribution in [0, 0.1) is 13.8 Å². The molecule has 4 aromatic rings. The Morgan fingerprint density at radius 3 is 2.63 bits per heavy atom. The third-order valence-corrected chi connectivity index (χ3v) is 6.15.